The molecule has 0 aliphatic heterocycles. The van der Waals surface area contributed by atoms with Crippen molar-refractivity contribution in [3.63, 3.8) is 0 Å². The number of fused-ring (bicyclic) bond motifs is 1. The van der Waals surface area contributed by atoms with E-state index in [4.69, 9.17) is 32.7 Å². The fourth-order valence-corrected chi connectivity index (χ4v) is 2.69. The van der Waals surface area contributed by atoms with E-state index in [2.05, 4.69) is 0 Å². The lowest BCUT2D eigenvalue weighted by molar-refractivity contribution is -0.141. The van der Waals surface area contributed by atoms with Gasteiger partial charge in [-0.3, -0.25) is 0 Å². The Labute approximate surface area is 149 Å². The lowest BCUT2D eigenvalue weighted by atomic mass is 10.1. The van der Waals surface area contributed by atoms with Gasteiger partial charge in [-0.15, -0.1) is 0 Å². The number of carbonyl (C=O) groups is 1. The standard InChI is InChI=1S/C19H14Cl2O3/c1-12(23-18-9-7-15(20)11-17(18)21)19(22)24-16-8-6-13-4-2-3-5-14(13)10-16/h2-12H,1H3/t12-/m1/s1. The van der Waals surface area contributed by atoms with Crippen molar-refractivity contribution >= 4 is 39.9 Å². The smallest absolute Gasteiger partial charge is 0.352 e. The van der Waals surface area contributed by atoms with Crippen LogP contribution in [0.4, 0.5) is 0 Å². The highest BCUT2D eigenvalue weighted by molar-refractivity contribution is 6.35. The van der Waals surface area contributed by atoms with Gasteiger partial charge in [-0.25, -0.2) is 4.79 Å². The fraction of sp³-hybridized carbons (Fsp3) is 0.105. The molecule has 24 heavy (non-hydrogen) atoms. The van der Waals surface area contributed by atoms with E-state index in [0.717, 1.165) is 10.8 Å². The third-order valence-electron chi connectivity index (χ3n) is 3.47. The van der Waals surface area contributed by atoms with Gasteiger partial charge in [0.15, 0.2) is 6.10 Å². The SMILES string of the molecule is C[C@@H](Oc1ccc(Cl)cc1Cl)C(=O)Oc1ccc2ccccc2c1. The molecule has 0 aliphatic carbocycles. The molecule has 0 aliphatic rings. The van der Waals surface area contributed by atoms with Crippen LogP contribution < -0.4 is 9.47 Å². The van der Waals surface area contributed by atoms with Crippen LogP contribution in [0.1, 0.15) is 6.92 Å². The minimum absolute atomic E-state index is 0.341. The van der Waals surface area contributed by atoms with Crippen molar-refractivity contribution in [2.75, 3.05) is 0 Å². The summed E-state index contributed by atoms with van der Waals surface area (Å²) in [5.41, 5.74) is 0. The summed E-state index contributed by atoms with van der Waals surface area (Å²) in [5.74, 6) is 0.344. The van der Waals surface area contributed by atoms with Gasteiger partial charge in [-0.2, -0.15) is 0 Å². The zero-order chi connectivity index (χ0) is 17.1. The Morgan fingerprint density at radius 1 is 0.958 bits per heavy atom. The van der Waals surface area contributed by atoms with Crippen LogP contribution in [0, 0.1) is 0 Å². The summed E-state index contributed by atoms with van der Waals surface area (Å²) < 4.78 is 10.9. The molecular formula is C19H14Cl2O3. The lowest BCUT2D eigenvalue weighted by Gasteiger charge is -2.15. The van der Waals surface area contributed by atoms with E-state index in [1.807, 2.05) is 36.4 Å². The van der Waals surface area contributed by atoms with Gasteiger partial charge in [-0.05, 0) is 48.0 Å². The van der Waals surface area contributed by atoms with Gasteiger partial charge in [0.2, 0.25) is 0 Å². The predicted molar refractivity (Wildman–Crippen MR) is 96.1 cm³/mol. The first kappa shape index (κ1) is 16.6. The van der Waals surface area contributed by atoms with Crippen molar-refractivity contribution in [3.05, 3.63) is 70.7 Å². The predicted octanol–water partition coefficient (Wildman–Crippen LogP) is 5.52. The minimum atomic E-state index is -0.810. The molecule has 3 rings (SSSR count). The Morgan fingerprint density at radius 2 is 1.71 bits per heavy atom. The topological polar surface area (TPSA) is 35.5 Å². The van der Waals surface area contributed by atoms with Crippen LogP contribution in [0.5, 0.6) is 11.5 Å². The molecule has 0 fully saturated rings. The molecule has 5 heteroatoms. The maximum atomic E-state index is 12.2. The van der Waals surface area contributed by atoms with Gasteiger partial charge < -0.3 is 9.47 Å². The summed E-state index contributed by atoms with van der Waals surface area (Å²) in [6, 6.07) is 18.1. The highest BCUT2D eigenvalue weighted by Crippen LogP contribution is 2.28. The molecule has 122 valence electrons. The van der Waals surface area contributed by atoms with E-state index in [0.29, 0.717) is 21.5 Å². The lowest BCUT2D eigenvalue weighted by Crippen LogP contribution is -2.28. The molecule has 0 heterocycles. The summed E-state index contributed by atoms with van der Waals surface area (Å²) in [6.45, 7) is 1.61. The van der Waals surface area contributed by atoms with Crippen molar-refractivity contribution in [2.24, 2.45) is 0 Å². The zero-order valence-corrected chi connectivity index (χ0v) is 14.3. The molecule has 0 aromatic heterocycles. The van der Waals surface area contributed by atoms with Crippen LogP contribution in [0.2, 0.25) is 10.0 Å². The zero-order valence-electron chi connectivity index (χ0n) is 12.8. The largest absolute Gasteiger partial charge is 0.477 e. The summed E-state index contributed by atoms with van der Waals surface area (Å²) in [4.78, 5) is 12.2. The summed E-state index contributed by atoms with van der Waals surface area (Å²) in [7, 11) is 0. The monoisotopic (exact) mass is 360 g/mol. The Morgan fingerprint density at radius 3 is 2.46 bits per heavy atom. The molecule has 0 unspecified atom stereocenters. The maximum Gasteiger partial charge on any atom is 0.352 e. The molecule has 3 aromatic rings. The van der Waals surface area contributed by atoms with Crippen molar-refractivity contribution in [3.8, 4) is 11.5 Å². The average Bonchev–Trinajstić information content (AvgIpc) is 2.57. The number of carbonyl (C=O) groups excluding carboxylic acids is 1. The third-order valence-corrected chi connectivity index (χ3v) is 4.00. The van der Waals surface area contributed by atoms with Gasteiger partial charge in [0.1, 0.15) is 11.5 Å². The van der Waals surface area contributed by atoms with E-state index < -0.39 is 12.1 Å². The van der Waals surface area contributed by atoms with E-state index in [-0.39, 0.29) is 0 Å². The van der Waals surface area contributed by atoms with Crippen LogP contribution in [0.15, 0.2) is 60.7 Å². The summed E-state index contributed by atoms with van der Waals surface area (Å²) >= 11 is 11.9. The Bertz CT molecular complexity index is 893. The Kier molecular flexibility index (Phi) is 4.93. The molecule has 3 aromatic carbocycles. The van der Waals surface area contributed by atoms with Gasteiger partial charge in [0.05, 0.1) is 5.02 Å². The Hall–Kier alpha value is -2.23. The first-order chi connectivity index (χ1) is 11.5. The molecule has 0 bridgehead atoms. The van der Waals surface area contributed by atoms with Gasteiger partial charge in [0.25, 0.3) is 0 Å². The molecule has 0 radical (unpaired) electrons. The second-order valence-corrected chi connectivity index (χ2v) is 6.11. The number of hydrogen-bond acceptors (Lipinski definition) is 3. The van der Waals surface area contributed by atoms with E-state index in [9.17, 15) is 4.79 Å². The first-order valence-corrected chi connectivity index (χ1v) is 8.11. The molecule has 0 N–H and O–H groups in total. The second kappa shape index (κ2) is 7.12. The Balaban J connectivity index is 1.70. The van der Waals surface area contributed by atoms with Crippen LogP contribution in [-0.2, 0) is 4.79 Å². The molecule has 1 atom stereocenters. The average molecular weight is 361 g/mol. The van der Waals surface area contributed by atoms with Gasteiger partial charge in [0, 0.05) is 5.02 Å². The second-order valence-electron chi connectivity index (χ2n) is 5.26. The molecule has 0 saturated carbocycles. The number of halogens is 2. The third kappa shape index (κ3) is 3.81. The van der Waals surface area contributed by atoms with Crippen molar-refractivity contribution < 1.29 is 14.3 Å². The maximum absolute atomic E-state index is 12.2. The van der Waals surface area contributed by atoms with Crippen LogP contribution in [-0.4, -0.2) is 12.1 Å². The van der Waals surface area contributed by atoms with Crippen LogP contribution in [0.25, 0.3) is 10.8 Å². The molecule has 3 nitrogen and oxygen atoms in total. The highest BCUT2D eigenvalue weighted by atomic mass is 35.5. The van der Waals surface area contributed by atoms with Crippen molar-refractivity contribution in [1.29, 1.82) is 0 Å². The number of esters is 1. The quantitative estimate of drug-likeness (QED) is 0.453. The summed E-state index contributed by atoms with van der Waals surface area (Å²) in [5, 5.41) is 2.92. The fourth-order valence-electron chi connectivity index (χ4n) is 2.24. The van der Waals surface area contributed by atoms with Crippen LogP contribution in [0.3, 0.4) is 0 Å². The molecule has 0 amide bonds. The first-order valence-electron chi connectivity index (χ1n) is 7.35. The summed E-state index contributed by atoms with van der Waals surface area (Å²) in [6.07, 6.45) is -0.810. The number of ether oxygens (including phenoxy) is 2. The number of hydrogen-bond donors (Lipinski definition) is 0. The number of rotatable bonds is 4. The van der Waals surface area contributed by atoms with Crippen LogP contribution >= 0.6 is 23.2 Å². The number of benzene rings is 3. The van der Waals surface area contributed by atoms with E-state index in [1.165, 1.54) is 0 Å². The van der Waals surface area contributed by atoms with Gasteiger partial charge >= 0.3 is 5.97 Å². The normalized spacial score (nSPS) is 12.0. The van der Waals surface area contributed by atoms with E-state index >= 15 is 0 Å². The van der Waals surface area contributed by atoms with Crippen molar-refractivity contribution in [1.82, 2.24) is 0 Å². The molecule has 0 saturated heterocycles. The van der Waals surface area contributed by atoms with E-state index in [1.54, 1.807) is 31.2 Å². The minimum Gasteiger partial charge on any atom is -0.477 e. The highest BCUT2D eigenvalue weighted by Gasteiger charge is 2.18. The molecule has 0 spiro atoms. The van der Waals surface area contributed by atoms with Gasteiger partial charge in [-0.1, -0.05) is 53.5 Å². The molecular weight excluding hydrogens is 347 g/mol. The van der Waals surface area contributed by atoms with Crippen molar-refractivity contribution in [2.45, 2.75) is 13.0 Å².